The number of piperidine rings is 1. The first kappa shape index (κ1) is 20.5. The number of rotatable bonds is 3. The van der Waals surface area contributed by atoms with Crippen LogP contribution in [0.15, 0.2) is 12.1 Å². The fourth-order valence-electron chi connectivity index (χ4n) is 2.52. The average molecular weight is 405 g/mol. The number of amides is 3. The van der Waals surface area contributed by atoms with E-state index in [4.69, 9.17) is 27.9 Å². The minimum atomic E-state index is -2.49. The number of imide groups is 1. The van der Waals surface area contributed by atoms with Crippen LogP contribution in [-0.2, 0) is 26.5 Å². The van der Waals surface area contributed by atoms with Crippen molar-refractivity contribution in [2.75, 3.05) is 0 Å². The molecule has 26 heavy (non-hydrogen) atoms. The van der Waals surface area contributed by atoms with Crippen molar-refractivity contribution in [3.05, 3.63) is 33.3 Å². The second kappa shape index (κ2) is 7.40. The average Bonchev–Trinajstić information content (AvgIpc) is 2.47. The molecule has 1 atom stereocenters. The SMILES string of the molecule is CC(C)(C)OC(=O)NCc1cc(Cl)c(C2(F)CCC(=O)NC2=O)c(Cl)c1. The molecule has 1 unspecified atom stereocenters. The number of alkyl halides is 1. The maximum Gasteiger partial charge on any atom is 0.407 e. The summed E-state index contributed by atoms with van der Waals surface area (Å²) in [5.41, 5.74) is -2.81. The molecule has 2 N–H and O–H groups in total. The van der Waals surface area contributed by atoms with Crippen LogP contribution in [0.5, 0.6) is 0 Å². The Hall–Kier alpha value is -1.86. The van der Waals surface area contributed by atoms with E-state index in [9.17, 15) is 14.4 Å². The third-order valence-corrected chi connectivity index (χ3v) is 4.24. The number of hydrogen-bond donors (Lipinski definition) is 2. The third-order valence-electron chi connectivity index (χ3n) is 3.64. The van der Waals surface area contributed by atoms with Crippen LogP contribution in [0.25, 0.3) is 0 Å². The van der Waals surface area contributed by atoms with Crippen LogP contribution in [0, 0.1) is 0 Å². The predicted octanol–water partition coefficient (Wildman–Crippen LogP) is 3.62. The summed E-state index contributed by atoms with van der Waals surface area (Å²) in [6, 6.07) is 2.82. The first-order valence-electron chi connectivity index (χ1n) is 7.91. The number of hydrogen-bond acceptors (Lipinski definition) is 4. The minimum Gasteiger partial charge on any atom is -0.444 e. The number of carbonyl (C=O) groups is 3. The maximum atomic E-state index is 15.2. The van der Waals surface area contributed by atoms with Crippen molar-refractivity contribution in [2.45, 2.75) is 51.4 Å². The summed E-state index contributed by atoms with van der Waals surface area (Å²) >= 11 is 12.3. The first-order valence-corrected chi connectivity index (χ1v) is 8.66. The highest BCUT2D eigenvalue weighted by atomic mass is 35.5. The van der Waals surface area contributed by atoms with Gasteiger partial charge in [-0.3, -0.25) is 14.9 Å². The zero-order valence-electron chi connectivity index (χ0n) is 14.5. The second-order valence-electron chi connectivity index (χ2n) is 6.97. The summed E-state index contributed by atoms with van der Waals surface area (Å²) in [7, 11) is 0. The Bertz CT molecular complexity index is 741. The second-order valence-corrected chi connectivity index (χ2v) is 7.78. The van der Waals surface area contributed by atoms with Crippen molar-refractivity contribution in [1.82, 2.24) is 10.6 Å². The largest absolute Gasteiger partial charge is 0.444 e. The molecule has 2 rings (SSSR count). The molecule has 0 aliphatic carbocycles. The van der Waals surface area contributed by atoms with Crippen LogP contribution in [-0.4, -0.2) is 23.5 Å². The molecular weight excluding hydrogens is 386 g/mol. The topological polar surface area (TPSA) is 84.5 Å². The molecule has 3 amide bonds. The summed E-state index contributed by atoms with van der Waals surface area (Å²) in [5.74, 6) is -1.63. The fraction of sp³-hybridized carbons (Fsp3) is 0.471. The highest BCUT2D eigenvalue weighted by Crippen LogP contribution is 2.42. The van der Waals surface area contributed by atoms with Crippen LogP contribution in [0.3, 0.4) is 0 Å². The van der Waals surface area contributed by atoms with Crippen molar-refractivity contribution in [3.63, 3.8) is 0 Å². The van der Waals surface area contributed by atoms with Crippen LogP contribution in [0.4, 0.5) is 9.18 Å². The smallest absolute Gasteiger partial charge is 0.407 e. The molecule has 0 aromatic heterocycles. The van der Waals surface area contributed by atoms with Gasteiger partial charge in [-0.05, 0) is 38.5 Å². The predicted molar refractivity (Wildman–Crippen MR) is 94.7 cm³/mol. The molecule has 1 aliphatic rings. The molecule has 0 radical (unpaired) electrons. The molecule has 9 heteroatoms. The number of benzene rings is 1. The Kier molecular flexibility index (Phi) is 5.82. The first-order chi connectivity index (χ1) is 11.9. The Labute approximate surface area is 160 Å². The maximum absolute atomic E-state index is 15.2. The quantitative estimate of drug-likeness (QED) is 0.753. The zero-order chi connectivity index (χ0) is 19.7. The summed E-state index contributed by atoms with van der Waals surface area (Å²) in [4.78, 5) is 34.9. The normalized spacial score (nSPS) is 20.5. The van der Waals surface area contributed by atoms with Crippen molar-refractivity contribution >= 4 is 41.1 Å². The standard InChI is InChI=1S/C17H19Cl2FN2O4/c1-16(2,3)26-15(25)21-8-9-6-10(18)13(11(19)7-9)17(20)5-4-12(23)22-14(17)24/h6-7H,4-5,8H2,1-3H3,(H,21,25)(H,22,23,24). The molecule has 1 aliphatic heterocycles. The zero-order valence-corrected chi connectivity index (χ0v) is 16.1. The molecule has 0 saturated carbocycles. The van der Waals surface area contributed by atoms with Crippen LogP contribution in [0.1, 0.15) is 44.7 Å². The lowest BCUT2D eigenvalue weighted by atomic mass is 9.86. The fourth-order valence-corrected chi connectivity index (χ4v) is 3.35. The molecule has 1 heterocycles. The van der Waals surface area contributed by atoms with E-state index in [1.54, 1.807) is 20.8 Å². The monoisotopic (exact) mass is 404 g/mol. The Balaban J connectivity index is 2.19. The lowest BCUT2D eigenvalue weighted by Crippen LogP contribution is -2.49. The van der Waals surface area contributed by atoms with E-state index in [1.807, 2.05) is 5.32 Å². The summed E-state index contributed by atoms with van der Waals surface area (Å²) in [5, 5.41) is 4.36. The van der Waals surface area contributed by atoms with Gasteiger partial charge < -0.3 is 10.1 Å². The molecule has 6 nitrogen and oxygen atoms in total. The van der Waals surface area contributed by atoms with Crippen LogP contribution in [0.2, 0.25) is 10.0 Å². The van der Waals surface area contributed by atoms with Crippen molar-refractivity contribution in [3.8, 4) is 0 Å². The van der Waals surface area contributed by atoms with Crippen LogP contribution < -0.4 is 10.6 Å². The lowest BCUT2D eigenvalue weighted by molar-refractivity contribution is -0.144. The number of nitrogens with one attached hydrogen (secondary N) is 2. The van der Waals surface area contributed by atoms with Gasteiger partial charge in [0.1, 0.15) is 5.60 Å². The van der Waals surface area contributed by atoms with Gasteiger partial charge in [0.2, 0.25) is 11.6 Å². The van der Waals surface area contributed by atoms with E-state index in [0.717, 1.165) is 0 Å². The van der Waals surface area contributed by atoms with Gasteiger partial charge >= 0.3 is 6.09 Å². The minimum absolute atomic E-state index is 0.0542. The molecule has 1 aromatic rings. The summed E-state index contributed by atoms with van der Waals surface area (Å²) in [6.45, 7) is 5.25. The van der Waals surface area contributed by atoms with Gasteiger partial charge in [0, 0.05) is 35.0 Å². The number of alkyl carbamates (subject to hydrolysis) is 1. The molecule has 1 aromatic carbocycles. The highest BCUT2D eigenvalue weighted by Gasteiger charge is 2.47. The number of ether oxygens (including phenoxy) is 1. The van der Waals surface area contributed by atoms with Gasteiger partial charge in [0.15, 0.2) is 0 Å². The van der Waals surface area contributed by atoms with Crippen molar-refractivity contribution in [1.29, 1.82) is 0 Å². The van der Waals surface area contributed by atoms with Gasteiger partial charge in [-0.15, -0.1) is 0 Å². The lowest BCUT2D eigenvalue weighted by Gasteiger charge is -2.29. The van der Waals surface area contributed by atoms with E-state index < -0.39 is 29.2 Å². The van der Waals surface area contributed by atoms with E-state index in [0.29, 0.717) is 5.56 Å². The summed E-state index contributed by atoms with van der Waals surface area (Å²) in [6.07, 6.45) is -1.12. The third kappa shape index (κ3) is 4.65. The Morgan fingerprint density at radius 2 is 1.88 bits per heavy atom. The Morgan fingerprint density at radius 1 is 1.31 bits per heavy atom. The van der Waals surface area contributed by atoms with Gasteiger partial charge in [-0.2, -0.15) is 0 Å². The molecule has 1 fully saturated rings. The number of carbonyl (C=O) groups excluding carboxylic acids is 3. The van der Waals surface area contributed by atoms with E-state index in [2.05, 4.69) is 5.32 Å². The van der Waals surface area contributed by atoms with E-state index >= 15 is 4.39 Å². The van der Waals surface area contributed by atoms with Gasteiger partial charge in [-0.1, -0.05) is 23.2 Å². The molecule has 0 bridgehead atoms. The molecule has 1 saturated heterocycles. The molecular formula is C17H19Cl2FN2O4. The Morgan fingerprint density at radius 3 is 2.38 bits per heavy atom. The summed E-state index contributed by atoms with van der Waals surface area (Å²) < 4.78 is 20.3. The van der Waals surface area contributed by atoms with Crippen LogP contribution >= 0.6 is 23.2 Å². The van der Waals surface area contributed by atoms with Gasteiger partial charge in [0.25, 0.3) is 5.91 Å². The van der Waals surface area contributed by atoms with E-state index in [1.165, 1.54) is 12.1 Å². The highest BCUT2D eigenvalue weighted by molar-refractivity contribution is 6.36. The van der Waals surface area contributed by atoms with Gasteiger partial charge in [0.05, 0.1) is 0 Å². The van der Waals surface area contributed by atoms with E-state index in [-0.39, 0.29) is 35.0 Å². The van der Waals surface area contributed by atoms with Gasteiger partial charge in [-0.25, -0.2) is 9.18 Å². The van der Waals surface area contributed by atoms with Crippen molar-refractivity contribution in [2.24, 2.45) is 0 Å². The molecule has 0 spiro atoms. The number of halogens is 3. The molecule has 142 valence electrons. The van der Waals surface area contributed by atoms with Crippen molar-refractivity contribution < 1.29 is 23.5 Å².